The molecule has 0 unspecified atom stereocenters. The summed E-state index contributed by atoms with van der Waals surface area (Å²) >= 11 is 0. The van der Waals surface area contributed by atoms with Crippen molar-refractivity contribution in [3.8, 4) is 0 Å². The first-order chi connectivity index (χ1) is 12.3. The van der Waals surface area contributed by atoms with Crippen LogP contribution in [0.2, 0.25) is 0 Å². The van der Waals surface area contributed by atoms with Crippen LogP contribution in [0, 0.1) is 5.92 Å². The number of aromatic amines is 1. The number of rotatable bonds is 3. The Balaban J connectivity index is 1.45. The van der Waals surface area contributed by atoms with Crippen molar-refractivity contribution in [3.05, 3.63) is 40.8 Å². The van der Waals surface area contributed by atoms with Gasteiger partial charge in [0.2, 0.25) is 0 Å². The second-order valence-electron chi connectivity index (χ2n) is 7.70. The van der Waals surface area contributed by atoms with Gasteiger partial charge in [0.05, 0.1) is 11.0 Å². The molecule has 2 aliphatic rings. The topological polar surface area (TPSA) is 41.0 Å². The van der Waals surface area contributed by atoms with E-state index in [-0.39, 0.29) is 5.69 Å². The van der Waals surface area contributed by atoms with E-state index in [9.17, 15) is 4.79 Å². The number of nitrogens with zero attached hydrogens (tertiary/aromatic N) is 2. The highest BCUT2D eigenvalue weighted by atomic mass is 16.1. The van der Waals surface area contributed by atoms with Gasteiger partial charge in [-0.25, -0.2) is 4.79 Å². The van der Waals surface area contributed by atoms with Crippen molar-refractivity contribution >= 4 is 16.7 Å². The number of hydrogen-bond donors (Lipinski definition) is 1. The number of benzene rings is 1. The van der Waals surface area contributed by atoms with E-state index in [0.29, 0.717) is 0 Å². The maximum absolute atomic E-state index is 12.4. The maximum Gasteiger partial charge on any atom is 0.330 e. The monoisotopic (exact) mass is 339 g/mol. The fraction of sp³-hybridized carbons (Fsp3) is 0.571. The van der Waals surface area contributed by atoms with Crippen molar-refractivity contribution in [3.63, 3.8) is 0 Å². The highest BCUT2D eigenvalue weighted by Crippen LogP contribution is 2.25. The average molecular weight is 339 g/mol. The van der Waals surface area contributed by atoms with Gasteiger partial charge < -0.3 is 4.98 Å². The molecule has 25 heavy (non-hydrogen) atoms. The molecule has 1 N–H and O–H groups in total. The second kappa shape index (κ2) is 7.61. The summed E-state index contributed by atoms with van der Waals surface area (Å²) in [7, 11) is 0. The number of nitrogens with one attached hydrogen (secondary N) is 1. The van der Waals surface area contributed by atoms with Crippen LogP contribution in [-0.2, 0) is 0 Å². The lowest BCUT2D eigenvalue weighted by atomic mass is 9.90. The van der Waals surface area contributed by atoms with Crippen molar-refractivity contribution in [2.45, 2.75) is 51.4 Å². The number of H-pyrrole nitrogens is 1. The second-order valence-corrected chi connectivity index (χ2v) is 7.70. The van der Waals surface area contributed by atoms with E-state index in [1.54, 1.807) is 0 Å². The SMILES string of the molecule is O=c1[nH]c2ccccc2n1C1=CCN(CC2CCCCCCC2)CC1. The summed E-state index contributed by atoms with van der Waals surface area (Å²) in [6.07, 6.45) is 13.1. The average Bonchev–Trinajstić information content (AvgIpc) is 2.94. The Morgan fingerprint density at radius 3 is 2.56 bits per heavy atom. The lowest BCUT2D eigenvalue weighted by Crippen LogP contribution is -2.35. The minimum atomic E-state index is -0.0130. The Morgan fingerprint density at radius 2 is 1.80 bits per heavy atom. The molecular formula is C21H29N3O. The number of imidazole rings is 1. The van der Waals surface area contributed by atoms with E-state index in [1.807, 2.05) is 28.8 Å². The summed E-state index contributed by atoms with van der Waals surface area (Å²) in [6.45, 7) is 3.26. The molecule has 1 fully saturated rings. The van der Waals surface area contributed by atoms with Crippen LogP contribution in [0.15, 0.2) is 35.1 Å². The molecule has 0 radical (unpaired) electrons. The van der Waals surface area contributed by atoms with Gasteiger partial charge in [-0.3, -0.25) is 9.47 Å². The number of para-hydroxylation sites is 2. The van der Waals surface area contributed by atoms with E-state index in [1.165, 1.54) is 51.5 Å². The summed E-state index contributed by atoms with van der Waals surface area (Å²) in [5, 5.41) is 0. The summed E-state index contributed by atoms with van der Waals surface area (Å²) in [4.78, 5) is 17.9. The predicted molar refractivity (Wildman–Crippen MR) is 104 cm³/mol. The molecule has 0 bridgehead atoms. The van der Waals surface area contributed by atoms with Crippen molar-refractivity contribution < 1.29 is 0 Å². The Hall–Kier alpha value is -1.81. The van der Waals surface area contributed by atoms with Crippen LogP contribution in [0.25, 0.3) is 16.7 Å². The molecular weight excluding hydrogens is 310 g/mol. The molecule has 0 spiro atoms. The maximum atomic E-state index is 12.4. The van der Waals surface area contributed by atoms with E-state index in [4.69, 9.17) is 0 Å². The fourth-order valence-corrected chi connectivity index (χ4v) is 4.50. The Bertz CT molecular complexity index is 793. The molecule has 4 nitrogen and oxygen atoms in total. The van der Waals surface area contributed by atoms with Crippen LogP contribution < -0.4 is 5.69 Å². The first-order valence-corrected chi connectivity index (χ1v) is 9.93. The van der Waals surface area contributed by atoms with Crippen molar-refractivity contribution in [1.82, 2.24) is 14.5 Å². The molecule has 4 heteroatoms. The first kappa shape index (κ1) is 16.6. The molecule has 4 rings (SSSR count). The molecule has 134 valence electrons. The summed E-state index contributed by atoms with van der Waals surface area (Å²) in [5.41, 5.74) is 3.05. The molecule has 1 aromatic heterocycles. The third kappa shape index (κ3) is 3.74. The van der Waals surface area contributed by atoms with Crippen LogP contribution in [0.4, 0.5) is 0 Å². The lowest BCUT2D eigenvalue weighted by Gasteiger charge is -2.31. The summed E-state index contributed by atoms with van der Waals surface area (Å²) in [6, 6.07) is 7.96. The number of hydrogen-bond acceptors (Lipinski definition) is 2. The van der Waals surface area contributed by atoms with Gasteiger partial charge >= 0.3 is 5.69 Å². The van der Waals surface area contributed by atoms with Gasteiger partial charge in [0.25, 0.3) is 0 Å². The molecule has 2 heterocycles. The van der Waals surface area contributed by atoms with Crippen molar-refractivity contribution in [1.29, 1.82) is 0 Å². The van der Waals surface area contributed by atoms with E-state index in [0.717, 1.165) is 42.2 Å². The summed E-state index contributed by atoms with van der Waals surface area (Å²) < 4.78 is 1.86. The highest BCUT2D eigenvalue weighted by molar-refractivity contribution is 5.79. The third-order valence-corrected chi connectivity index (χ3v) is 5.89. The number of aromatic nitrogens is 2. The standard InChI is InChI=1S/C21H29N3O/c25-21-22-19-10-6-7-11-20(19)24(21)18-12-14-23(15-13-18)16-17-8-4-2-1-3-5-9-17/h6-7,10-12,17H,1-5,8-9,13-16H2,(H,22,25). The molecule has 1 aliphatic carbocycles. The zero-order valence-corrected chi connectivity index (χ0v) is 15.0. The molecule has 2 aromatic rings. The third-order valence-electron chi connectivity index (χ3n) is 5.89. The van der Waals surface area contributed by atoms with Gasteiger partial charge in [-0.15, -0.1) is 0 Å². The van der Waals surface area contributed by atoms with Crippen LogP contribution in [0.3, 0.4) is 0 Å². The predicted octanol–water partition coefficient (Wildman–Crippen LogP) is 4.24. The van der Waals surface area contributed by atoms with E-state index < -0.39 is 0 Å². The summed E-state index contributed by atoms with van der Waals surface area (Å²) in [5.74, 6) is 0.867. The quantitative estimate of drug-likeness (QED) is 0.909. The van der Waals surface area contributed by atoms with Crippen molar-refractivity contribution in [2.24, 2.45) is 5.92 Å². The zero-order valence-electron chi connectivity index (χ0n) is 15.0. The van der Waals surface area contributed by atoms with Crippen LogP contribution in [0.1, 0.15) is 51.4 Å². The lowest BCUT2D eigenvalue weighted by molar-refractivity contribution is 0.223. The van der Waals surface area contributed by atoms with Gasteiger partial charge in [-0.05, 0) is 30.9 Å². The molecule has 0 atom stereocenters. The van der Waals surface area contributed by atoms with E-state index in [2.05, 4.69) is 16.0 Å². The fourth-order valence-electron chi connectivity index (χ4n) is 4.50. The Labute approximate surface area is 149 Å². The van der Waals surface area contributed by atoms with Crippen LogP contribution in [-0.4, -0.2) is 34.1 Å². The first-order valence-electron chi connectivity index (χ1n) is 9.93. The van der Waals surface area contributed by atoms with E-state index >= 15 is 0 Å². The highest BCUT2D eigenvalue weighted by Gasteiger charge is 2.20. The Kier molecular flexibility index (Phi) is 5.07. The molecule has 1 saturated carbocycles. The van der Waals surface area contributed by atoms with Crippen molar-refractivity contribution in [2.75, 3.05) is 19.6 Å². The minimum Gasteiger partial charge on any atom is -0.305 e. The van der Waals surface area contributed by atoms with Gasteiger partial charge in [-0.1, -0.05) is 50.3 Å². The minimum absolute atomic E-state index is 0.0130. The smallest absolute Gasteiger partial charge is 0.305 e. The molecule has 0 saturated heterocycles. The zero-order chi connectivity index (χ0) is 17.1. The molecule has 1 aromatic carbocycles. The molecule has 1 aliphatic heterocycles. The number of fused-ring (bicyclic) bond motifs is 1. The Morgan fingerprint density at radius 1 is 1.04 bits per heavy atom. The largest absolute Gasteiger partial charge is 0.330 e. The van der Waals surface area contributed by atoms with Gasteiger partial charge in [0, 0.05) is 31.8 Å². The molecule has 0 amide bonds. The van der Waals surface area contributed by atoms with Gasteiger partial charge in [-0.2, -0.15) is 0 Å². The van der Waals surface area contributed by atoms with Crippen LogP contribution >= 0.6 is 0 Å². The van der Waals surface area contributed by atoms with Gasteiger partial charge in [0.1, 0.15) is 0 Å². The van der Waals surface area contributed by atoms with Gasteiger partial charge in [0.15, 0.2) is 0 Å². The normalized spacial score (nSPS) is 21.0. The van der Waals surface area contributed by atoms with Crippen LogP contribution in [0.5, 0.6) is 0 Å².